The van der Waals surface area contributed by atoms with E-state index >= 15 is 0 Å². The van der Waals surface area contributed by atoms with Crippen molar-refractivity contribution in [1.82, 2.24) is 0 Å². The summed E-state index contributed by atoms with van der Waals surface area (Å²) in [6, 6.07) is 56.8. The Bertz CT molecular complexity index is 3130. The van der Waals surface area contributed by atoms with Gasteiger partial charge in [-0.2, -0.15) is 0 Å². The lowest BCUT2D eigenvalue weighted by Gasteiger charge is -2.45. The molecule has 12 rings (SSSR count). The molecule has 0 saturated heterocycles. The molecule has 5 heterocycles. The van der Waals surface area contributed by atoms with Gasteiger partial charge in [-0.05, 0) is 135 Å². The molecule has 0 radical (unpaired) electrons. The van der Waals surface area contributed by atoms with Gasteiger partial charge in [-0.25, -0.2) is 0 Å². The molecule has 0 aliphatic carbocycles. The summed E-state index contributed by atoms with van der Waals surface area (Å²) in [4.78, 5) is 7.53. The Hall–Kier alpha value is -6.28. The van der Waals surface area contributed by atoms with Gasteiger partial charge in [0, 0.05) is 59.3 Å². The fourth-order valence-electron chi connectivity index (χ4n) is 9.53. The van der Waals surface area contributed by atoms with Crippen LogP contribution >= 0.6 is 22.7 Å². The van der Waals surface area contributed by atoms with Gasteiger partial charge in [0.25, 0.3) is 6.71 Å². The normalized spacial score (nSPS) is 14.0. The molecule has 60 heavy (non-hydrogen) atoms. The van der Waals surface area contributed by atoms with Crippen LogP contribution in [0.1, 0.15) is 31.9 Å². The SMILES string of the molecule is Cc1cc2c3c(c1)N(c1ccc(C(C)(C)C)cc1)c1cc4c(cc1B3c1ccc(-c3cc5ccccc5s3)cc1N2c1cccc(-c2cc3ccccc3s2)c1)OCCO4. The molecule has 4 nitrogen and oxygen atoms in total. The van der Waals surface area contributed by atoms with E-state index in [1.165, 1.54) is 85.6 Å². The van der Waals surface area contributed by atoms with Crippen LogP contribution in [0.4, 0.5) is 34.1 Å². The standard InChI is InChI=1S/C53H41BN2O2S2/c1-32-24-44-52-45(25-32)56(39-13-9-12-33(26-39)50-28-34-10-5-7-14-48(34)59-50)42-27-36(51-29-35-11-6-8-15-49(35)60-51)16-21-40(42)54(52)41-30-46-47(58-23-22-57-46)31-43(41)55(44)38-19-17-37(18-20-38)53(2,3)4/h5-21,24-31H,22-23H2,1-4H3. The monoisotopic (exact) mass is 812 g/mol. The molecule has 0 amide bonds. The first-order valence-electron chi connectivity index (χ1n) is 20.8. The van der Waals surface area contributed by atoms with E-state index in [0.717, 1.165) is 28.6 Å². The summed E-state index contributed by atoms with van der Waals surface area (Å²) in [6.07, 6.45) is 0. The minimum atomic E-state index is -0.0417. The van der Waals surface area contributed by atoms with Crippen molar-refractivity contribution in [2.24, 2.45) is 0 Å². The molecule has 2 aromatic heterocycles. The third-order valence-electron chi connectivity index (χ3n) is 12.4. The fourth-order valence-corrected chi connectivity index (χ4v) is 11.6. The van der Waals surface area contributed by atoms with Crippen LogP contribution in [0.15, 0.2) is 152 Å². The highest BCUT2D eigenvalue weighted by Crippen LogP contribution is 2.48. The number of rotatable bonds is 4. The molecule has 0 atom stereocenters. The number of nitrogens with zero attached hydrogens (tertiary/aromatic N) is 2. The van der Waals surface area contributed by atoms with E-state index in [2.05, 4.69) is 189 Å². The molecule has 0 fully saturated rings. The molecule has 7 heteroatoms. The van der Waals surface area contributed by atoms with Gasteiger partial charge in [0.1, 0.15) is 13.2 Å². The minimum absolute atomic E-state index is 0.0411. The summed E-state index contributed by atoms with van der Waals surface area (Å²) in [6.45, 7) is 10.1. The maximum Gasteiger partial charge on any atom is 0.252 e. The lowest BCUT2D eigenvalue weighted by molar-refractivity contribution is 0.172. The molecule has 3 aliphatic heterocycles. The fraction of sp³-hybridized carbons (Fsp3) is 0.132. The van der Waals surface area contributed by atoms with Gasteiger partial charge in [-0.15, -0.1) is 22.7 Å². The van der Waals surface area contributed by atoms with Crippen molar-refractivity contribution in [3.63, 3.8) is 0 Å². The molecule has 9 aromatic rings. The molecule has 0 spiro atoms. The quantitative estimate of drug-likeness (QED) is 0.165. The van der Waals surface area contributed by atoms with Crippen LogP contribution in [-0.4, -0.2) is 19.9 Å². The predicted molar refractivity (Wildman–Crippen MR) is 257 cm³/mol. The molecule has 0 N–H and O–H groups in total. The first-order chi connectivity index (χ1) is 29.2. The van der Waals surface area contributed by atoms with Crippen LogP contribution in [-0.2, 0) is 5.41 Å². The lowest BCUT2D eigenvalue weighted by Crippen LogP contribution is -2.61. The molecule has 0 saturated carbocycles. The number of ether oxygens (including phenoxy) is 2. The topological polar surface area (TPSA) is 24.9 Å². The van der Waals surface area contributed by atoms with E-state index in [9.17, 15) is 0 Å². The Morgan fingerprint density at radius 1 is 0.517 bits per heavy atom. The maximum atomic E-state index is 6.34. The summed E-state index contributed by atoms with van der Waals surface area (Å²) < 4.78 is 15.2. The first kappa shape index (κ1) is 35.7. The second kappa shape index (κ2) is 13.4. The average Bonchev–Trinajstić information content (AvgIpc) is 3.91. The number of benzene rings is 7. The van der Waals surface area contributed by atoms with E-state index in [0.29, 0.717) is 13.2 Å². The Morgan fingerprint density at radius 3 is 1.77 bits per heavy atom. The zero-order chi connectivity index (χ0) is 40.3. The highest BCUT2D eigenvalue weighted by Gasteiger charge is 2.44. The van der Waals surface area contributed by atoms with Gasteiger partial charge in [-0.3, -0.25) is 0 Å². The Kier molecular flexibility index (Phi) is 7.94. The molecule has 0 bridgehead atoms. The summed E-state index contributed by atoms with van der Waals surface area (Å²) in [7, 11) is 0. The van der Waals surface area contributed by atoms with E-state index in [-0.39, 0.29) is 12.1 Å². The molecule has 3 aliphatic rings. The maximum absolute atomic E-state index is 6.34. The van der Waals surface area contributed by atoms with Crippen LogP contribution in [0.25, 0.3) is 41.1 Å². The van der Waals surface area contributed by atoms with Crippen molar-refractivity contribution < 1.29 is 9.47 Å². The number of aryl methyl sites for hydroxylation is 1. The minimum Gasteiger partial charge on any atom is -0.486 e. The number of hydrogen-bond acceptors (Lipinski definition) is 6. The van der Waals surface area contributed by atoms with E-state index in [4.69, 9.17) is 9.47 Å². The third kappa shape index (κ3) is 5.63. The van der Waals surface area contributed by atoms with Gasteiger partial charge in [0.05, 0.1) is 0 Å². The second-order valence-corrected chi connectivity index (χ2v) is 19.5. The van der Waals surface area contributed by atoms with Crippen molar-refractivity contribution in [1.29, 1.82) is 0 Å². The van der Waals surface area contributed by atoms with Crippen LogP contribution in [0.5, 0.6) is 11.5 Å². The van der Waals surface area contributed by atoms with E-state index in [1.807, 2.05) is 22.7 Å². The molecule has 7 aromatic carbocycles. The van der Waals surface area contributed by atoms with Gasteiger partial charge in [0.2, 0.25) is 0 Å². The van der Waals surface area contributed by atoms with E-state index in [1.54, 1.807) is 0 Å². The van der Waals surface area contributed by atoms with Crippen LogP contribution in [0.2, 0.25) is 0 Å². The van der Waals surface area contributed by atoms with Crippen molar-refractivity contribution >= 4 is 100 Å². The van der Waals surface area contributed by atoms with Crippen molar-refractivity contribution in [2.45, 2.75) is 33.1 Å². The van der Waals surface area contributed by atoms with Crippen molar-refractivity contribution in [2.75, 3.05) is 23.0 Å². The van der Waals surface area contributed by atoms with Gasteiger partial charge >= 0.3 is 0 Å². The second-order valence-electron chi connectivity index (χ2n) is 17.3. The highest BCUT2D eigenvalue weighted by atomic mass is 32.1. The number of hydrogen-bond donors (Lipinski definition) is 0. The smallest absolute Gasteiger partial charge is 0.252 e. The predicted octanol–water partition coefficient (Wildman–Crippen LogP) is 12.9. The summed E-state index contributed by atoms with van der Waals surface area (Å²) in [5.41, 5.74) is 15.7. The van der Waals surface area contributed by atoms with Crippen LogP contribution < -0.4 is 35.7 Å². The zero-order valence-electron chi connectivity index (χ0n) is 34.0. The lowest BCUT2D eigenvalue weighted by atomic mass is 9.33. The Morgan fingerprint density at radius 2 is 1.12 bits per heavy atom. The van der Waals surface area contributed by atoms with Crippen LogP contribution in [0.3, 0.4) is 0 Å². The first-order valence-corrected chi connectivity index (χ1v) is 22.4. The molecular weight excluding hydrogens is 772 g/mol. The summed E-state index contributed by atoms with van der Waals surface area (Å²) in [5, 5.41) is 2.55. The Labute approximate surface area is 359 Å². The summed E-state index contributed by atoms with van der Waals surface area (Å²) in [5.74, 6) is 1.60. The molecule has 290 valence electrons. The number of fused-ring (bicyclic) bond motifs is 7. The van der Waals surface area contributed by atoms with Gasteiger partial charge < -0.3 is 19.3 Å². The van der Waals surface area contributed by atoms with Gasteiger partial charge in [0.15, 0.2) is 11.5 Å². The highest BCUT2D eigenvalue weighted by molar-refractivity contribution is 7.22. The average molecular weight is 813 g/mol. The third-order valence-corrected chi connectivity index (χ3v) is 14.7. The number of thiophene rings is 2. The molecular formula is C53H41BN2O2S2. The molecule has 0 unspecified atom stereocenters. The van der Waals surface area contributed by atoms with Gasteiger partial charge in [-0.1, -0.05) is 93.6 Å². The van der Waals surface area contributed by atoms with E-state index < -0.39 is 0 Å². The van der Waals surface area contributed by atoms with Crippen molar-refractivity contribution in [3.8, 4) is 32.4 Å². The van der Waals surface area contributed by atoms with Crippen LogP contribution in [0, 0.1) is 6.92 Å². The zero-order valence-corrected chi connectivity index (χ0v) is 35.6. The largest absolute Gasteiger partial charge is 0.486 e. The number of anilines is 6. The van der Waals surface area contributed by atoms with Crippen molar-refractivity contribution in [3.05, 3.63) is 163 Å². The Balaban J connectivity index is 1.12. The summed E-state index contributed by atoms with van der Waals surface area (Å²) >= 11 is 3.71.